The Morgan fingerprint density at radius 1 is 1.53 bits per heavy atom. The monoisotopic (exact) mass is 281 g/mol. The Hall–Kier alpha value is -1.11. The second-order valence-electron chi connectivity index (χ2n) is 5.15. The zero-order valence-electron chi connectivity index (χ0n) is 11.3. The van der Waals surface area contributed by atoms with E-state index in [1.54, 1.807) is 18.4 Å². The van der Waals surface area contributed by atoms with Crippen molar-refractivity contribution < 1.29 is 9.47 Å². The van der Waals surface area contributed by atoms with Crippen molar-refractivity contribution in [2.24, 2.45) is 0 Å². The predicted octanol–water partition coefficient (Wildman–Crippen LogP) is 2.06. The highest BCUT2D eigenvalue weighted by Crippen LogP contribution is 2.25. The van der Waals surface area contributed by atoms with Gasteiger partial charge in [0, 0.05) is 36.9 Å². The summed E-state index contributed by atoms with van der Waals surface area (Å²) >= 11 is 1.62. The van der Waals surface area contributed by atoms with Crippen LogP contribution in [-0.2, 0) is 11.3 Å². The minimum atomic E-state index is 0.142. The van der Waals surface area contributed by atoms with Gasteiger partial charge in [0.2, 0.25) is 5.88 Å². The fourth-order valence-electron chi connectivity index (χ4n) is 2.43. The smallest absolute Gasteiger partial charge is 0.237 e. The topological polar surface area (TPSA) is 47.8 Å². The second kappa shape index (κ2) is 5.11. The molecule has 1 saturated heterocycles. The number of fused-ring (bicyclic) bond motifs is 1. The molecule has 0 amide bonds. The molecule has 5 nitrogen and oxygen atoms in total. The van der Waals surface area contributed by atoms with Crippen LogP contribution in [-0.4, -0.2) is 35.2 Å². The van der Waals surface area contributed by atoms with Gasteiger partial charge in [0.15, 0.2) is 4.96 Å². The number of thiazole rings is 1. The van der Waals surface area contributed by atoms with Crippen molar-refractivity contribution in [2.45, 2.75) is 31.8 Å². The van der Waals surface area contributed by atoms with Crippen molar-refractivity contribution >= 4 is 16.3 Å². The first-order valence-corrected chi connectivity index (χ1v) is 7.41. The molecule has 3 rings (SSSR count). The lowest BCUT2D eigenvalue weighted by Gasteiger charge is -2.34. The maximum atomic E-state index is 5.42. The minimum Gasteiger partial charge on any atom is -0.480 e. The SMILES string of the molecule is COc1nc2sccn2c1CNC1(C)CCOCC1. The Labute approximate surface area is 116 Å². The molecule has 2 aromatic heterocycles. The van der Waals surface area contributed by atoms with Crippen molar-refractivity contribution in [3.05, 3.63) is 17.3 Å². The summed E-state index contributed by atoms with van der Waals surface area (Å²) in [7, 11) is 1.67. The van der Waals surface area contributed by atoms with Gasteiger partial charge in [-0.15, -0.1) is 11.3 Å². The Morgan fingerprint density at radius 2 is 2.32 bits per heavy atom. The summed E-state index contributed by atoms with van der Waals surface area (Å²) < 4.78 is 12.9. The average molecular weight is 281 g/mol. The van der Waals surface area contributed by atoms with Crippen LogP contribution in [0.2, 0.25) is 0 Å². The van der Waals surface area contributed by atoms with Crippen LogP contribution in [0.15, 0.2) is 11.6 Å². The molecule has 6 heteroatoms. The van der Waals surface area contributed by atoms with E-state index >= 15 is 0 Å². The van der Waals surface area contributed by atoms with Crippen LogP contribution in [0, 0.1) is 0 Å². The lowest BCUT2D eigenvalue weighted by Crippen LogP contribution is -2.46. The third-order valence-electron chi connectivity index (χ3n) is 3.80. The number of nitrogens with one attached hydrogen (secondary N) is 1. The molecule has 0 aromatic carbocycles. The van der Waals surface area contributed by atoms with E-state index in [-0.39, 0.29) is 5.54 Å². The summed E-state index contributed by atoms with van der Waals surface area (Å²) in [6.45, 7) is 4.69. The molecule has 0 spiro atoms. The van der Waals surface area contributed by atoms with Crippen LogP contribution in [0.25, 0.3) is 4.96 Å². The quantitative estimate of drug-likeness (QED) is 0.932. The van der Waals surface area contributed by atoms with Crippen molar-refractivity contribution in [3.8, 4) is 5.88 Å². The van der Waals surface area contributed by atoms with Gasteiger partial charge < -0.3 is 14.8 Å². The molecule has 0 atom stereocenters. The number of methoxy groups -OCH3 is 1. The Bertz CT molecular complexity index is 557. The summed E-state index contributed by atoms with van der Waals surface area (Å²) in [5, 5.41) is 5.68. The van der Waals surface area contributed by atoms with Crippen LogP contribution in [0.1, 0.15) is 25.5 Å². The molecule has 2 aromatic rings. The number of ether oxygens (including phenoxy) is 2. The summed E-state index contributed by atoms with van der Waals surface area (Å²) in [6, 6.07) is 0. The summed E-state index contributed by atoms with van der Waals surface area (Å²) in [4.78, 5) is 5.45. The molecule has 0 aliphatic carbocycles. The van der Waals surface area contributed by atoms with Gasteiger partial charge >= 0.3 is 0 Å². The molecule has 0 saturated carbocycles. The number of aromatic nitrogens is 2. The Morgan fingerprint density at radius 3 is 3.05 bits per heavy atom. The highest BCUT2D eigenvalue weighted by atomic mass is 32.1. The van der Waals surface area contributed by atoms with Gasteiger partial charge in [-0.3, -0.25) is 4.40 Å². The third kappa shape index (κ3) is 2.48. The van der Waals surface area contributed by atoms with E-state index in [9.17, 15) is 0 Å². The van der Waals surface area contributed by atoms with Gasteiger partial charge in [0.05, 0.1) is 7.11 Å². The lowest BCUT2D eigenvalue weighted by atomic mass is 9.92. The largest absolute Gasteiger partial charge is 0.480 e. The number of imidazole rings is 1. The van der Waals surface area contributed by atoms with Crippen molar-refractivity contribution in [1.82, 2.24) is 14.7 Å². The standard InChI is InChI=1S/C13H19N3O2S/c1-13(3-6-18-7-4-13)14-9-10-11(17-2)15-12-16(10)5-8-19-12/h5,8,14H,3-4,6-7,9H2,1-2H3. The molecule has 1 aliphatic rings. The van der Waals surface area contributed by atoms with Gasteiger partial charge in [-0.1, -0.05) is 0 Å². The zero-order chi connectivity index (χ0) is 13.3. The predicted molar refractivity (Wildman–Crippen MR) is 74.9 cm³/mol. The molecule has 0 bridgehead atoms. The number of rotatable bonds is 4. The van der Waals surface area contributed by atoms with E-state index in [1.807, 2.05) is 11.6 Å². The number of hydrogen-bond acceptors (Lipinski definition) is 5. The molecule has 19 heavy (non-hydrogen) atoms. The van der Waals surface area contributed by atoms with Crippen LogP contribution in [0.4, 0.5) is 0 Å². The Balaban J connectivity index is 1.78. The minimum absolute atomic E-state index is 0.142. The molecular weight excluding hydrogens is 262 g/mol. The first-order chi connectivity index (χ1) is 9.22. The summed E-state index contributed by atoms with van der Waals surface area (Å²) in [5.74, 6) is 0.718. The van der Waals surface area contributed by atoms with Gasteiger partial charge in [-0.25, -0.2) is 0 Å². The van der Waals surface area contributed by atoms with E-state index in [1.165, 1.54) is 0 Å². The first kappa shape index (κ1) is 12.9. The van der Waals surface area contributed by atoms with Gasteiger partial charge in [-0.05, 0) is 19.8 Å². The fourth-order valence-corrected chi connectivity index (χ4v) is 3.16. The normalized spacial score (nSPS) is 18.8. The number of nitrogens with zero attached hydrogens (tertiary/aromatic N) is 2. The van der Waals surface area contributed by atoms with Crippen LogP contribution >= 0.6 is 11.3 Å². The highest BCUT2D eigenvalue weighted by molar-refractivity contribution is 7.15. The molecule has 3 heterocycles. The maximum Gasteiger partial charge on any atom is 0.237 e. The van der Waals surface area contributed by atoms with E-state index in [0.717, 1.165) is 49.1 Å². The lowest BCUT2D eigenvalue weighted by molar-refractivity contribution is 0.0444. The van der Waals surface area contributed by atoms with Gasteiger partial charge in [0.25, 0.3) is 0 Å². The van der Waals surface area contributed by atoms with Crippen molar-refractivity contribution in [2.75, 3.05) is 20.3 Å². The van der Waals surface area contributed by atoms with E-state index < -0.39 is 0 Å². The van der Waals surface area contributed by atoms with Crippen molar-refractivity contribution in [3.63, 3.8) is 0 Å². The molecule has 0 radical (unpaired) electrons. The van der Waals surface area contributed by atoms with E-state index in [4.69, 9.17) is 9.47 Å². The fraction of sp³-hybridized carbons (Fsp3) is 0.615. The zero-order valence-corrected chi connectivity index (χ0v) is 12.1. The van der Waals surface area contributed by atoms with Crippen LogP contribution in [0.3, 0.4) is 0 Å². The third-order valence-corrected chi connectivity index (χ3v) is 4.55. The Kier molecular flexibility index (Phi) is 3.47. The second-order valence-corrected chi connectivity index (χ2v) is 6.02. The van der Waals surface area contributed by atoms with Gasteiger partial charge in [-0.2, -0.15) is 4.98 Å². The summed E-state index contributed by atoms with van der Waals surface area (Å²) in [5.41, 5.74) is 1.23. The average Bonchev–Trinajstić information content (AvgIpc) is 2.97. The van der Waals surface area contributed by atoms with Crippen LogP contribution in [0.5, 0.6) is 5.88 Å². The molecule has 0 unspecified atom stereocenters. The molecule has 1 fully saturated rings. The molecule has 1 N–H and O–H groups in total. The van der Waals surface area contributed by atoms with Crippen molar-refractivity contribution in [1.29, 1.82) is 0 Å². The highest BCUT2D eigenvalue weighted by Gasteiger charge is 2.27. The molecule has 104 valence electrons. The number of hydrogen-bond donors (Lipinski definition) is 1. The maximum absolute atomic E-state index is 5.42. The summed E-state index contributed by atoms with van der Waals surface area (Å²) in [6.07, 6.45) is 4.13. The van der Waals surface area contributed by atoms with Gasteiger partial charge in [0.1, 0.15) is 5.69 Å². The molecule has 1 aliphatic heterocycles. The van der Waals surface area contributed by atoms with E-state index in [0.29, 0.717) is 0 Å². The van der Waals surface area contributed by atoms with E-state index in [2.05, 4.69) is 21.6 Å². The first-order valence-electron chi connectivity index (χ1n) is 6.53. The molecular formula is C13H19N3O2S. The van der Waals surface area contributed by atoms with Crippen LogP contribution < -0.4 is 10.1 Å².